The Hall–Kier alpha value is -1.72. The van der Waals surface area contributed by atoms with Gasteiger partial charge in [-0.2, -0.15) is 12.8 Å². The number of carbonyl (C=O) groups is 1. The average molecular weight is 357 g/mol. The molecular formula is C18H17CoFNO2-. The average Bonchev–Trinajstić information content (AvgIpc) is 2.56. The van der Waals surface area contributed by atoms with E-state index in [-0.39, 0.29) is 28.4 Å². The standard InChI is InChI=1S/C18H17FNO2.Co/c19-17-10-13(6-7-15(17)12-21)14-8-9-18(20-11-14)22-16-4-2-1-3-5-16;/h1,6-12,16H,2-5H2;/q-1;. The molecule has 0 aliphatic heterocycles. The zero-order valence-electron chi connectivity index (χ0n) is 12.5. The van der Waals surface area contributed by atoms with Crippen LogP contribution in [0.4, 0.5) is 4.39 Å². The summed E-state index contributed by atoms with van der Waals surface area (Å²) in [6, 6.07) is 8.19. The molecule has 3 nitrogen and oxygen atoms in total. The molecule has 0 bridgehead atoms. The molecule has 0 amide bonds. The minimum Gasteiger partial charge on any atom is -0.475 e. The Morgan fingerprint density at radius 3 is 2.52 bits per heavy atom. The molecule has 0 unspecified atom stereocenters. The first-order chi connectivity index (χ1) is 10.8. The first-order valence-electron chi connectivity index (χ1n) is 7.46. The maximum atomic E-state index is 13.6. The van der Waals surface area contributed by atoms with Crippen LogP contribution in [0.2, 0.25) is 0 Å². The Kier molecular flexibility index (Phi) is 6.30. The second-order valence-corrected chi connectivity index (χ2v) is 5.42. The molecule has 2 aromatic rings. The molecule has 0 atom stereocenters. The number of rotatable bonds is 4. The number of hydrogen-bond donors (Lipinski definition) is 0. The smallest absolute Gasteiger partial charge is 0.213 e. The van der Waals surface area contributed by atoms with Gasteiger partial charge in [0.25, 0.3) is 0 Å². The summed E-state index contributed by atoms with van der Waals surface area (Å²) in [7, 11) is 0. The maximum absolute atomic E-state index is 13.6. The van der Waals surface area contributed by atoms with Crippen LogP contribution in [0.15, 0.2) is 36.5 Å². The van der Waals surface area contributed by atoms with Crippen molar-refractivity contribution >= 4 is 6.29 Å². The summed E-state index contributed by atoms with van der Waals surface area (Å²) in [6.45, 7) is 0. The number of ether oxygens (including phenoxy) is 1. The van der Waals surface area contributed by atoms with Crippen LogP contribution < -0.4 is 4.74 Å². The van der Waals surface area contributed by atoms with Crippen molar-refractivity contribution in [3.8, 4) is 17.0 Å². The van der Waals surface area contributed by atoms with E-state index in [1.807, 2.05) is 6.07 Å². The summed E-state index contributed by atoms with van der Waals surface area (Å²) in [5, 5.41) is 0. The van der Waals surface area contributed by atoms with Crippen LogP contribution >= 0.6 is 0 Å². The van der Waals surface area contributed by atoms with Gasteiger partial charge in [-0.25, -0.2) is 9.37 Å². The van der Waals surface area contributed by atoms with Crippen LogP contribution in [0.5, 0.6) is 5.88 Å². The monoisotopic (exact) mass is 357 g/mol. The van der Waals surface area contributed by atoms with Gasteiger partial charge in [-0.1, -0.05) is 6.07 Å². The van der Waals surface area contributed by atoms with Gasteiger partial charge in [0.1, 0.15) is 5.82 Å². The van der Waals surface area contributed by atoms with Crippen molar-refractivity contribution in [2.75, 3.05) is 0 Å². The normalized spacial score (nSPS) is 14.8. The predicted octanol–water partition coefficient (Wildman–Crippen LogP) is 4.22. The van der Waals surface area contributed by atoms with E-state index in [0.717, 1.165) is 31.2 Å². The molecule has 123 valence electrons. The molecule has 1 aromatic carbocycles. The van der Waals surface area contributed by atoms with Crippen molar-refractivity contribution in [2.24, 2.45) is 0 Å². The quantitative estimate of drug-likeness (QED) is 0.607. The van der Waals surface area contributed by atoms with E-state index in [2.05, 4.69) is 11.4 Å². The van der Waals surface area contributed by atoms with Crippen molar-refractivity contribution in [2.45, 2.75) is 31.8 Å². The fraction of sp³-hybridized carbons (Fsp3) is 0.278. The molecule has 1 heterocycles. The molecule has 1 aliphatic rings. The third kappa shape index (κ3) is 4.39. The van der Waals surface area contributed by atoms with Gasteiger partial charge < -0.3 is 11.2 Å². The first-order valence-corrected chi connectivity index (χ1v) is 7.46. The van der Waals surface area contributed by atoms with E-state index in [1.54, 1.807) is 18.3 Å². The number of benzene rings is 1. The van der Waals surface area contributed by atoms with Gasteiger partial charge in [-0.15, -0.1) is 0 Å². The van der Waals surface area contributed by atoms with E-state index in [4.69, 9.17) is 4.74 Å². The summed E-state index contributed by atoms with van der Waals surface area (Å²) in [5.41, 5.74) is 1.54. The van der Waals surface area contributed by atoms with Crippen LogP contribution in [0.3, 0.4) is 0 Å². The Morgan fingerprint density at radius 1 is 1.17 bits per heavy atom. The minimum atomic E-state index is -0.522. The van der Waals surface area contributed by atoms with Crippen LogP contribution in [-0.4, -0.2) is 17.4 Å². The summed E-state index contributed by atoms with van der Waals surface area (Å²) in [6.07, 6.45) is 8.93. The van der Waals surface area contributed by atoms with Crippen molar-refractivity contribution < 1.29 is 30.7 Å². The Labute approximate surface area is 145 Å². The summed E-state index contributed by atoms with van der Waals surface area (Å²) >= 11 is 0. The molecule has 1 aliphatic carbocycles. The number of aldehydes is 1. The van der Waals surface area contributed by atoms with Crippen LogP contribution in [0, 0.1) is 12.2 Å². The summed E-state index contributed by atoms with van der Waals surface area (Å²) < 4.78 is 19.5. The predicted molar refractivity (Wildman–Crippen MR) is 82.2 cm³/mol. The van der Waals surface area contributed by atoms with E-state index in [1.165, 1.54) is 12.1 Å². The van der Waals surface area contributed by atoms with Crippen molar-refractivity contribution in [3.05, 3.63) is 54.3 Å². The number of carbonyl (C=O) groups excluding carboxylic acids is 1. The molecule has 3 rings (SSSR count). The van der Waals surface area contributed by atoms with Gasteiger partial charge in [0.2, 0.25) is 5.88 Å². The van der Waals surface area contributed by atoms with Crippen molar-refractivity contribution in [1.29, 1.82) is 0 Å². The molecule has 0 N–H and O–H groups in total. The van der Waals surface area contributed by atoms with Gasteiger partial charge in [0.05, 0.1) is 11.7 Å². The molecule has 1 fully saturated rings. The zero-order chi connectivity index (χ0) is 15.4. The second kappa shape index (κ2) is 8.22. The van der Waals surface area contributed by atoms with Crippen LogP contribution in [-0.2, 0) is 16.8 Å². The largest absolute Gasteiger partial charge is 0.475 e. The number of halogens is 1. The van der Waals surface area contributed by atoms with Crippen LogP contribution in [0.1, 0.15) is 36.0 Å². The van der Waals surface area contributed by atoms with Crippen molar-refractivity contribution in [3.63, 3.8) is 0 Å². The fourth-order valence-electron chi connectivity index (χ4n) is 2.61. The summed E-state index contributed by atoms with van der Waals surface area (Å²) in [4.78, 5) is 14.9. The van der Waals surface area contributed by atoms with Crippen LogP contribution in [0.25, 0.3) is 11.1 Å². The molecule has 1 saturated carbocycles. The Bertz CT molecular complexity index is 655. The maximum Gasteiger partial charge on any atom is 0.213 e. The fourth-order valence-corrected chi connectivity index (χ4v) is 2.61. The second-order valence-electron chi connectivity index (χ2n) is 5.42. The number of aromatic nitrogens is 1. The zero-order valence-corrected chi connectivity index (χ0v) is 13.5. The van der Waals surface area contributed by atoms with Gasteiger partial charge in [-0.3, -0.25) is 4.79 Å². The molecule has 23 heavy (non-hydrogen) atoms. The summed E-state index contributed by atoms with van der Waals surface area (Å²) in [5.74, 6) is 0.0758. The molecule has 5 heteroatoms. The van der Waals surface area contributed by atoms with Gasteiger partial charge in [0.15, 0.2) is 6.29 Å². The van der Waals surface area contributed by atoms with E-state index >= 15 is 0 Å². The van der Waals surface area contributed by atoms with Gasteiger partial charge in [-0.05, 0) is 36.6 Å². The number of pyridine rings is 1. The van der Waals surface area contributed by atoms with E-state index in [0.29, 0.717) is 17.7 Å². The van der Waals surface area contributed by atoms with E-state index < -0.39 is 5.82 Å². The first kappa shape index (κ1) is 17.6. The molecular weight excluding hydrogens is 340 g/mol. The van der Waals surface area contributed by atoms with E-state index in [9.17, 15) is 9.18 Å². The molecule has 0 spiro atoms. The molecule has 1 aromatic heterocycles. The third-order valence-electron chi connectivity index (χ3n) is 3.87. The minimum absolute atomic E-state index is 0. The SMILES string of the molecule is O=Cc1ccc(-c2ccc(OC3CC[CH-]CC3)nc2)cc1F.[Co]. The topological polar surface area (TPSA) is 39.2 Å². The third-order valence-corrected chi connectivity index (χ3v) is 3.87. The number of nitrogens with zero attached hydrogens (tertiary/aromatic N) is 1. The Balaban J connectivity index is 0.00000192. The Morgan fingerprint density at radius 2 is 1.91 bits per heavy atom. The number of hydrogen-bond acceptors (Lipinski definition) is 3. The van der Waals surface area contributed by atoms with Gasteiger partial charge >= 0.3 is 0 Å². The molecule has 0 saturated heterocycles. The van der Waals surface area contributed by atoms with Crippen molar-refractivity contribution in [1.82, 2.24) is 4.98 Å². The van der Waals surface area contributed by atoms with Gasteiger partial charge in [0, 0.05) is 34.6 Å². The molecule has 1 radical (unpaired) electrons.